The largest absolute Gasteiger partial charge is 0.336 e. The summed E-state index contributed by atoms with van der Waals surface area (Å²) in [6.45, 7) is 6.99. The molecule has 128 valence electrons. The second-order valence-electron chi connectivity index (χ2n) is 5.93. The average Bonchev–Trinajstić information content (AvgIpc) is 3.00. The van der Waals surface area contributed by atoms with Gasteiger partial charge in [0.1, 0.15) is 5.82 Å². The molecule has 0 bridgehead atoms. The predicted octanol–water partition coefficient (Wildman–Crippen LogP) is 2.96. The van der Waals surface area contributed by atoms with Crippen molar-refractivity contribution >= 4 is 29.1 Å². The molecule has 1 aromatic heterocycles. The van der Waals surface area contributed by atoms with Crippen molar-refractivity contribution in [1.82, 2.24) is 19.4 Å². The molecule has 1 amide bonds. The third-order valence-corrected chi connectivity index (χ3v) is 4.96. The summed E-state index contributed by atoms with van der Waals surface area (Å²) in [5.74, 6) is 0.979. The first kappa shape index (κ1) is 17.3. The molecule has 0 atom stereocenters. The topological polar surface area (TPSA) is 41.4 Å². The number of nitrogens with zero attached hydrogens (tertiary/aromatic N) is 4. The van der Waals surface area contributed by atoms with Crippen LogP contribution in [-0.4, -0.2) is 58.0 Å². The molecule has 2 heterocycles. The summed E-state index contributed by atoms with van der Waals surface area (Å²) in [6.07, 6.45) is 3.82. The summed E-state index contributed by atoms with van der Waals surface area (Å²) in [6, 6.07) is 5.00. The smallest absolute Gasteiger partial charge is 0.255 e. The maximum atomic E-state index is 12.6. The van der Waals surface area contributed by atoms with E-state index in [0.717, 1.165) is 32.0 Å². The zero-order chi connectivity index (χ0) is 17.1. The van der Waals surface area contributed by atoms with Gasteiger partial charge in [-0.3, -0.25) is 9.69 Å². The number of imidazole rings is 1. The fraction of sp³-hybridized carbons (Fsp3) is 0.412. The number of hydrogen-bond acceptors (Lipinski definition) is 3. The van der Waals surface area contributed by atoms with E-state index in [1.807, 2.05) is 24.2 Å². The van der Waals surface area contributed by atoms with Crippen LogP contribution < -0.4 is 0 Å². The molecule has 1 aliphatic rings. The number of piperazine rings is 1. The first-order chi connectivity index (χ1) is 11.5. The number of halogens is 2. The lowest BCUT2D eigenvalue weighted by molar-refractivity contribution is 0.0633. The van der Waals surface area contributed by atoms with Crippen LogP contribution in [0.15, 0.2) is 30.6 Å². The number of aromatic nitrogens is 2. The van der Waals surface area contributed by atoms with Crippen molar-refractivity contribution < 1.29 is 4.79 Å². The Balaban J connectivity index is 1.54. The van der Waals surface area contributed by atoms with Crippen molar-refractivity contribution in [3.8, 4) is 0 Å². The summed E-state index contributed by atoms with van der Waals surface area (Å²) < 4.78 is 2.14. The van der Waals surface area contributed by atoms with Gasteiger partial charge in [-0.1, -0.05) is 23.2 Å². The Bertz CT molecular complexity index is 723. The zero-order valence-corrected chi connectivity index (χ0v) is 15.1. The monoisotopic (exact) mass is 366 g/mol. The van der Waals surface area contributed by atoms with E-state index < -0.39 is 0 Å². The lowest BCUT2D eigenvalue weighted by Gasteiger charge is -2.35. The number of carbonyl (C=O) groups is 1. The number of rotatable bonds is 4. The molecule has 24 heavy (non-hydrogen) atoms. The van der Waals surface area contributed by atoms with Gasteiger partial charge in [-0.05, 0) is 25.1 Å². The van der Waals surface area contributed by atoms with Gasteiger partial charge >= 0.3 is 0 Å². The summed E-state index contributed by atoms with van der Waals surface area (Å²) >= 11 is 12.1. The minimum Gasteiger partial charge on any atom is -0.336 e. The summed E-state index contributed by atoms with van der Waals surface area (Å²) in [7, 11) is 0. The fourth-order valence-electron chi connectivity index (χ4n) is 2.90. The highest BCUT2D eigenvalue weighted by atomic mass is 35.5. The average molecular weight is 367 g/mol. The minimum absolute atomic E-state index is 0.0485. The molecule has 1 aliphatic heterocycles. The Morgan fingerprint density at radius 1 is 1.17 bits per heavy atom. The number of benzene rings is 1. The molecular weight excluding hydrogens is 347 g/mol. The highest BCUT2D eigenvalue weighted by molar-refractivity contribution is 6.35. The molecular formula is C17H20Cl2N4O. The van der Waals surface area contributed by atoms with Crippen LogP contribution in [0.3, 0.4) is 0 Å². The van der Waals surface area contributed by atoms with Crippen molar-refractivity contribution in [2.45, 2.75) is 13.5 Å². The van der Waals surface area contributed by atoms with Gasteiger partial charge in [-0.25, -0.2) is 4.98 Å². The van der Waals surface area contributed by atoms with Gasteiger partial charge < -0.3 is 9.47 Å². The van der Waals surface area contributed by atoms with Gasteiger partial charge in [0.05, 0.1) is 10.6 Å². The highest BCUT2D eigenvalue weighted by Gasteiger charge is 2.23. The maximum absolute atomic E-state index is 12.6. The summed E-state index contributed by atoms with van der Waals surface area (Å²) in [5.41, 5.74) is 0.478. The van der Waals surface area contributed by atoms with E-state index in [-0.39, 0.29) is 5.91 Å². The van der Waals surface area contributed by atoms with Crippen molar-refractivity contribution in [2.24, 2.45) is 0 Å². The number of carbonyl (C=O) groups excluding carboxylic acids is 1. The standard InChI is InChI=1S/C17H20Cl2N4O/c1-13-20-4-5-22(13)9-6-21-7-10-23(11-8-21)17(24)15-12-14(18)2-3-16(15)19/h2-5,12H,6-11H2,1H3. The molecule has 0 aliphatic carbocycles. The lowest BCUT2D eigenvalue weighted by atomic mass is 10.1. The Morgan fingerprint density at radius 2 is 1.92 bits per heavy atom. The molecule has 2 aromatic rings. The van der Waals surface area contributed by atoms with E-state index in [1.54, 1.807) is 18.2 Å². The van der Waals surface area contributed by atoms with Crippen LogP contribution in [0.2, 0.25) is 10.0 Å². The van der Waals surface area contributed by atoms with Crippen molar-refractivity contribution in [3.05, 3.63) is 52.0 Å². The minimum atomic E-state index is -0.0485. The van der Waals surface area contributed by atoms with Gasteiger partial charge in [-0.15, -0.1) is 0 Å². The molecule has 1 saturated heterocycles. The molecule has 0 radical (unpaired) electrons. The number of amides is 1. The Hall–Kier alpha value is -1.56. The van der Waals surface area contributed by atoms with Crippen LogP contribution >= 0.6 is 23.2 Å². The van der Waals surface area contributed by atoms with Crippen molar-refractivity contribution in [1.29, 1.82) is 0 Å². The van der Waals surface area contributed by atoms with E-state index in [4.69, 9.17) is 23.2 Å². The summed E-state index contributed by atoms with van der Waals surface area (Å²) in [5, 5.41) is 0.972. The first-order valence-corrected chi connectivity index (χ1v) is 8.74. The third kappa shape index (κ3) is 3.91. The number of aryl methyl sites for hydroxylation is 1. The van der Waals surface area contributed by atoms with E-state index in [2.05, 4.69) is 14.5 Å². The SMILES string of the molecule is Cc1nccn1CCN1CCN(C(=O)c2cc(Cl)ccc2Cl)CC1. The fourth-order valence-corrected chi connectivity index (χ4v) is 3.27. The van der Waals surface area contributed by atoms with Crippen LogP contribution in [0.25, 0.3) is 0 Å². The Labute approximate surface area is 151 Å². The van der Waals surface area contributed by atoms with Crippen LogP contribution in [0.4, 0.5) is 0 Å². The molecule has 3 rings (SSSR count). The van der Waals surface area contributed by atoms with Gasteiger partial charge in [0.2, 0.25) is 0 Å². The van der Waals surface area contributed by atoms with Crippen molar-refractivity contribution in [3.63, 3.8) is 0 Å². The quantitative estimate of drug-likeness (QED) is 0.835. The second-order valence-corrected chi connectivity index (χ2v) is 6.77. The zero-order valence-electron chi connectivity index (χ0n) is 13.6. The molecule has 0 N–H and O–H groups in total. The van der Waals surface area contributed by atoms with E-state index in [1.165, 1.54) is 0 Å². The van der Waals surface area contributed by atoms with Gasteiger partial charge in [0, 0.05) is 56.7 Å². The second kappa shape index (κ2) is 7.55. The summed E-state index contributed by atoms with van der Waals surface area (Å²) in [4.78, 5) is 21.1. The molecule has 7 heteroatoms. The van der Waals surface area contributed by atoms with Gasteiger partial charge in [0.25, 0.3) is 5.91 Å². The third-order valence-electron chi connectivity index (χ3n) is 4.40. The van der Waals surface area contributed by atoms with Crippen LogP contribution in [-0.2, 0) is 6.54 Å². The molecule has 0 spiro atoms. The Kier molecular flexibility index (Phi) is 5.43. The van der Waals surface area contributed by atoms with Crippen molar-refractivity contribution in [2.75, 3.05) is 32.7 Å². The predicted molar refractivity (Wildman–Crippen MR) is 95.8 cm³/mol. The van der Waals surface area contributed by atoms with Gasteiger partial charge in [-0.2, -0.15) is 0 Å². The molecule has 5 nitrogen and oxygen atoms in total. The van der Waals surface area contributed by atoms with E-state index >= 15 is 0 Å². The lowest BCUT2D eigenvalue weighted by Crippen LogP contribution is -2.49. The highest BCUT2D eigenvalue weighted by Crippen LogP contribution is 2.22. The van der Waals surface area contributed by atoms with Crippen LogP contribution in [0.5, 0.6) is 0 Å². The van der Waals surface area contributed by atoms with Crippen LogP contribution in [0, 0.1) is 6.92 Å². The molecule has 0 unspecified atom stereocenters. The normalized spacial score (nSPS) is 15.7. The molecule has 1 fully saturated rings. The van der Waals surface area contributed by atoms with Crippen LogP contribution in [0.1, 0.15) is 16.2 Å². The number of hydrogen-bond donors (Lipinski definition) is 0. The maximum Gasteiger partial charge on any atom is 0.255 e. The van der Waals surface area contributed by atoms with Gasteiger partial charge in [0.15, 0.2) is 0 Å². The Morgan fingerprint density at radius 3 is 2.58 bits per heavy atom. The molecule has 0 saturated carbocycles. The van der Waals surface area contributed by atoms with E-state index in [0.29, 0.717) is 28.7 Å². The molecule has 1 aromatic carbocycles. The first-order valence-electron chi connectivity index (χ1n) is 7.99. The van der Waals surface area contributed by atoms with E-state index in [9.17, 15) is 4.79 Å².